The van der Waals surface area contributed by atoms with Crippen molar-refractivity contribution in [3.8, 4) is 0 Å². The highest BCUT2D eigenvalue weighted by Crippen LogP contribution is 2.31. The molecule has 2 aromatic carbocycles. The van der Waals surface area contributed by atoms with E-state index in [2.05, 4.69) is 87.5 Å². The van der Waals surface area contributed by atoms with E-state index in [9.17, 15) is 0 Å². The summed E-state index contributed by atoms with van der Waals surface area (Å²) >= 11 is 0. The van der Waals surface area contributed by atoms with Crippen molar-refractivity contribution in [1.82, 2.24) is 0 Å². The van der Waals surface area contributed by atoms with Crippen LogP contribution in [0.5, 0.6) is 0 Å². The lowest BCUT2D eigenvalue weighted by atomic mass is 9.83. The van der Waals surface area contributed by atoms with E-state index in [1.165, 1.54) is 21.9 Å². The summed E-state index contributed by atoms with van der Waals surface area (Å²) in [6, 6.07) is 15.0. The Kier molecular flexibility index (Phi) is 5.33. The third kappa shape index (κ3) is 4.17. The summed E-state index contributed by atoms with van der Waals surface area (Å²) in [6.07, 6.45) is 15.0. The van der Waals surface area contributed by atoms with Crippen LogP contribution in [-0.4, -0.2) is 11.8 Å². The quantitative estimate of drug-likeness (QED) is 0.600. The molecule has 1 aliphatic rings. The predicted molar refractivity (Wildman–Crippen MR) is 111 cm³/mol. The van der Waals surface area contributed by atoms with Gasteiger partial charge in [-0.3, -0.25) is 4.99 Å². The Morgan fingerprint density at radius 2 is 1.92 bits per heavy atom. The summed E-state index contributed by atoms with van der Waals surface area (Å²) in [4.78, 5) is 4.87. The second kappa shape index (κ2) is 7.65. The SMILES string of the molecule is CCC1CC(C)(C=Cc2cccc3ccccc23)N=C/C=C\C=C1C. The minimum atomic E-state index is -0.193. The molecule has 2 unspecified atom stereocenters. The van der Waals surface area contributed by atoms with E-state index >= 15 is 0 Å². The Bertz CT molecular complexity index is 848. The number of benzene rings is 2. The maximum absolute atomic E-state index is 4.87. The molecule has 0 amide bonds. The summed E-state index contributed by atoms with van der Waals surface area (Å²) < 4.78 is 0. The molecular formula is C24H27N. The molecular weight excluding hydrogens is 302 g/mol. The highest BCUT2D eigenvalue weighted by Gasteiger charge is 2.24. The second-order valence-corrected chi connectivity index (χ2v) is 7.14. The number of hydrogen-bond donors (Lipinski definition) is 0. The van der Waals surface area contributed by atoms with Crippen LogP contribution >= 0.6 is 0 Å². The summed E-state index contributed by atoms with van der Waals surface area (Å²) in [5, 5.41) is 2.57. The zero-order valence-corrected chi connectivity index (χ0v) is 15.4. The van der Waals surface area contributed by atoms with E-state index < -0.39 is 0 Å². The van der Waals surface area contributed by atoms with Gasteiger partial charge in [0.15, 0.2) is 0 Å². The average molecular weight is 329 g/mol. The van der Waals surface area contributed by atoms with Gasteiger partial charge in [-0.05, 0) is 55.0 Å². The van der Waals surface area contributed by atoms with Crippen molar-refractivity contribution in [1.29, 1.82) is 0 Å². The van der Waals surface area contributed by atoms with Crippen LogP contribution in [0.15, 0.2) is 77.3 Å². The van der Waals surface area contributed by atoms with Crippen LogP contribution < -0.4 is 0 Å². The lowest BCUT2D eigenvalue weighted by molar-refractivity contribution is 0.426. The van der Waals surface area contributed by atoms with Gasteiger partial charge in [-0.25, -0.2) is 0 Å². The number of aliphatic imine (C=N–C) groups is 1. The number of fused-ring (bicyclic) bond motifs is 1. The highest BCUT2D eigenvalue weighted by atomic mass is 14.8. The zero-order chi connectivity index (χ0) is 17.7. The smallest absolute Gasteiger partial charge is 0.0768 e. The molecule has 0 radical (unpaired) electrons. The first-order chi connectivity index (χ1) is 12.1. The van der Waals surface area contributed by atoms with Crippen molar-refractivity contribution in [2.75, 3.05) is 0 Å². The van der Waals surface area contributed by atoms with Crippen LogP contribution in [-0.2, 0) is 0 Å². The summed E-state index contributed by atoms with van der Waals surface area (Å²) in [7, 11) is 0. The molecule has 128 valence electrons. The number of nitrogens with zero attached hydrogens (tertiary/aromatic N) is 1. The van der Waals surface area contributed by atoms with Crippen molar-refractivity contribution in [3.63, 3.8) is 0 Å². The summed E-state index contributed by atoms with van der Waals surface area (Å²) in [6.45, 7) is 6.74. The first kappa shape index (κ1) is 17.4. The highest BCUT2D eigenvalue weighted by molar-refractivity contribution is 5.90. The Morgan fingerprint density at radius 1 is 1.12 bits per heavy atom. The van der Waals surface area contributed by atoms with Gasteiger partial charge in [-0.15, -0.1) is 0 Å². The van der Waals surface area contributed by atoms with Crippen molar-refractivity contribution in [2.45, 2.75) is 39.2 Å². The second-order valence-electron chi connectivity index (χ2n) is 7.14. The number of hydrogen-bond acceptors (Lipinski definition) is 1. The maximum Gasteiger partial charge on any atom is 0.0768 e. The fourth-order valence-electron chi connectivity index (χ4n) is 3.56. The molecule has 1 nitrogen and oxygen atoms in total. The van der Waals surface area contributed by atoms with Gasteiger partial charge in [-0.1, -0.05) is 79.3 Å². The monoisotopic (exact) mass is 329 g/mol. The largest absolute Gasteiger partial charge is 0.283 e. The molecule has 0 saturated heterocycles. The van der Waals surface area contributed by atoms with E-state index in [4.69, 9.17) is 4.99 Å². The first-order valence-electron chi connectivity index (χ1n) is 9.17. The third-order valence-electron chi connectivity index (χ3n) is 5.17. The number of rotatable bonds is 3. The van der Waals surface area contributed by atoms with Crippen LogP contribution in [0.4, 0.5) is 0 Å². The maximum atomic E-state index is 4.87. The molecule has 0 bridgehead atoms. The summed E-state index contributed by atoms with van der Waals surface area (Å²) in [5.74, 6) is 0.557. The van der Waals surface area contributed by atoms with Gasteiger partial charge in [-0.2, -0.15) is 0 Å². The third-order valence-corrected chi connectivity index (χ3v) is 5.17. The van der Waals surface area contributed by atoms with Gasteiger partial charge in [0.2, 0.25) is 0 Å². The van der Waals surface area contributed by atoms with E-state index in [-0.39, 0.29) is 5.54 Å². The van der Waals surface area contributed by atoms with E-state index in [1.807, 2.05) is 12.3 Å². The fourth-order valence-corrected chi connectivity index (χ4v) is 3.56. The molecule has 3 rings (SSSR count). The van der Waals surface area contributed by atoms with E-state index in [0.717, 1.165) is 12.8 Å². The van der Waals surface area contributed by atoms with Crippen LogP contribution in [0, 0.1) is 5.92 Å². The average Bonchev–Trinajstić information content (AvgIpc) is 2.70. The molecule has 2 aromatic rings. The van der Waals surface area contributed by atoms with Crippen molar-refractivity contribution in [2.24, 2.45) is 10.9 Å². The zero-order valence-electron chi connectivity index (χ0n) is 15.4. The molecule has 0 aliphatic carbocycles. The van der Waals surface area contributed by atoms with Crippen LogP contribution in [0.2, 0.25) is 0 Å². The molecule has 25 heavy (non-hydrogen) atoms. The fraction of sp³-hybridized carbons (Fsp3) is 0.292. The van der Waals surface area contributed by atoms with Crippen molar-refractivity contribution in [3.05, 3.63) is 77.9 Å². The topological polar surface area (TPSA) is 12.4 Å². The predicted octanol–water partition coefficient (Wildman–Crippen LogP) is 6.61. The van der Waals surface area contributed by atoms with Gasteiger partial charge in [0, 0.05) is 6.21 Å². The Labute approximate surface area is 151 Å². The minimum Gasteiger partial charge on any atom is -0.283 e. The van der Waals surface area contributed by atoms with Gasteiger partial charge >= 0.3 is 0 Å². The molecule has 1 aliphatic heterocycles. The van der Waals surface area contributed by atoms with Crippen LogP contribution in [0.25, 0.3) is 16.8 Å². The molecule has 0 saturated carbocycles. The Balaban J connectivity index is 1.96. The van der Waals surface area contributed by atoms with E-state index in [0.29, 0.717) is 5.92 Å². The molecule has 0 aromatic heterocycles. The summed E-state index contributed by atoms with van der Waals surface area (Å²) in [5.41, 5.74) is 2.50. The van der Waals surface area contributed by atoms with Crippen LogP contribution in [0.1, 0.15) is 39.2 Å². The van der Waals surface area contributed by atoms with Gasteiger partial charge < -0.3 is 0 Å². The minimum absolute atomic E-state index is 0.193. The first-order valence-corrected chi connectivity index (χ1v) is 9.17. The Morgan fingerprint density at radius 3 is 2.76 bits per heavy atom. The van der Waals surface area contributed by atoms with Crippen molar-refractivity contribution >= 4 is 23.1 Å². The van der Waals surface area contributed by atoms with Crippen molar-refractivity contribution < 1.29 is 0 Å². The molecule has 0 spiro atoms. The molecule has 0 fully saturated rings. The Hall–Kier alpha value is -2.41. The molecule has 1 heterocycles. The van der Waals surface area contributed by atoms with Gasteiger partial charge in [0.05, 0.1) is 5.54 Å². The number of allylic oxidation sites excluding steroid dienone is 4. The van der Waals surface area contributed by atoms with Crippen LogP contribution in [0.3, 0.4) is 0 Å². The lowest BCUT2D eigenvalue weighted by Gasteiger charge is -2.27. The van der Waals surface area contributed by atoms with Gasteiger partial charge in [0.25, 0.3) is 0 Å². The lowest BCUT2D eigenvalue weighted by Crippen LogP contribution is -2.23. The van der Waals surface area contributed by atoms with Gasteiger partial charge in [0.1, 0.15) is 0 Å². The molecule has 2 atom stereocenters. The van der Waals surface area contributed by atoms with E-state index in [1.54, 1.807) is 0 Å². The standard InChI is InChI=1S/C24H27N/c1-4-20-18-24(3,25-17-8-7-10-19(20)2)16-15-22-13-9-12-21-11-5-6-14-23(21)22/h5-17,20H,4,18H2,1-3H3/b8-7-,16-15?,19-10?,25-17?. The molecule has 0 N–H and O–H groups in total. The normalized spacial score (nSPS) is 25.4. The molecule has 1 heteroatoms.